The van der Waals surface area contributed by atoms with Gasteiger partial charge in [0.05, 0.1) is 12.7 Å². The van der Waals surface area contributed by atoms with Crippen LogP contribution in [0.2, 0.25) is 0 Å². The molecule has 1 aliphatic carbocycles. The molecule has 0 spiro atoms. The zero-order valence-corrected chi connectivity index (χ0v) is 11.0. The number of benzene rings is 1. The average molecular weight is 261 g/mol. The first-order valence-electron chi connectivity index (χ1n) is 7.05. The first kappa shape index (κ1) is 13.1. The van der Waals surface area contributed by atoms with Crippen molar-refractivity contribution in [1.29, 1.82) is 0 Å². The van der Waals surface area contributed by atoms with Gasteiger partial charge in [-0.15, -0.1) is 0 Å². The topological polar surface area (TPSA) is 52.9 Å². The molecule has 0 bridgehead atoms. The molecule has 0 amide bonds. The summed E-state index contributed by atoms with van der Waals surface area (Å²) in [7, 11) is -1.39. The van der Waals surface area contributed by atoms with Gasteiger partial charge in [-0.1, -0.05) is 24.3 Å². The van der Waals surface area contributed by atoms with Gasteiger partial charge >= 0.3 is 7.12 Å². The quantitative estimate of drug-likeness (QED) is 0.759. The molecule has 2 N–H and O–H groups in total. The number of ether oxygens (including phenoxy) is 1. The molecule has 1 heterocycles. The number of hydrogen-bond acceptors (Lipinski definition) is 4. The van der Waals surface area contributed by atoms with Crippen molar-refractivity contribution in [2.75, 3.05) is 13.2 Å². The highest BCUT2D eigenvalue weighted by atomic mass is 16.5. The molecular formula is C14H20BNO3. The molecule has 2 fully saturated rings. The molecule has 5 heteroatoms. The molecule has 1 aromatic rings. The summed E-state index contributed by atoms with van der Waals surface area (Å²) >= 11 is 0. The molecule has 1 saturated heterocycles. The molecule has 0 aromatic heterocycles. The number of hydrogen-bond donors (Lipinski definition) is 2. The Bertz CT molecular complexity index is 440. The van der Waals surface area contributed by atoms with E-state index in [0.29, 0.717) is 17.6 Å². The predicted octanol–water partition coefficient (Wildman–Crippen LogP) is 0.120. The summed E-state index contributed by atoms with van der Waals surface area (Å²) in [4.78, 5) is 2.43. The molecule has 102 valence electrons. The van der Waals surface area contributed by atoms with Gasteiger partial charge in [0, 0.05) is 19.1 Å². The van der Waals surface area contributed by atoms with Crippen molar-refractivity contribution in [3.63, 3.8) is 0 Å². The predicted molar refractivity (Wildman–Crippen MR) is 74.1 cm³/mol. The van der Waals surface area contributed by atoms with Crippen LogP contribution in [0.4, 0.5) is 0 Å². The van der Waals surface area contributed by atoms with E-state index >= 15 is 0 Å². The van der Waals surface area contributed by atoms with Gasteiger partial charge in [0.2, 0.25) is 0 Å². The fraction of sp³-hybridized carbons (Fsp3) is 0.571. The van der Waals surface area contributed by atoms with Crippen LogP contribution in [0.3, 0.4) is 0 Å². The molecule has 4 nitrogen and oxygen atoms in total. The Hall–Kier alpha value is -0.875. The van der Waals surface area contributed by atoms with Crippen LogP contribution in [0, 0.1) is 0 Å². The second kappa shape index (κ2) is 5.63. The molecule has 3 rings (SSSR count). The second-order valence-electron chi connectivity index (χ2n) is 5.45. The van der Waals surface area contributed by atoms with Crippen LogP contribution in [-0.2, 0) is 11.3 Å². The van der Waals surface area contributed by atoms with Gasteiger partial charge in [-0.05, 0) is 30.3 Å². The Balaban J connectivity index is 1.77. The molecule has 19 heavy (non-hydrogen) atoms. The molecule has 1 aromatic carbocycles. The summed E-state index contributed by atoms with van der Waals surface area (Å²) in [6.45, 7) is 2.49. The van der Waals surface area contributed by atoms with Gasteiger partial charge in [0.1, 0.15) is 0 Å². The fourth-order valence-electron chi connectivity index (χ4n) is 3.35. The van der Waals surface area contributed by atoms with Crippen molar-refractivity contribution in [2.24, 2.45) is 0 Å². The molecular weight excluding hydrogens is 241 g/mol. The maximum atomic E-state index is 9.43. The highest BCUT2D eigenvalue weighted by Gasteiger charge is 2.36. The summed E-state index contributed by atoms with van der Waals surface area (Å²) < 4.78 is 5.81. The maximum Gasteiger partial charge on any atom is 0.488 e. The minimum atomic E-state index is -1.39. The molecule has 2 aliphatic rings. The third-order valence-corrected chi connectivity index (χ3v) is 4.30. The lowest BCUT2D eigenvalue weighted by atomic mass is 9.77. The summed E-state index contributed by atoms with van der Waals surface area (Å²) in [5.74, 6) is 0. The third kappa shape index (κ3) is 2.70. The van der Waals surface area contributed by atoms with Crippen molar-refractivity contribution < 1.29 is 14.8 Å². The lowest BCUT2D eigenvalue weighted by Gasteiger charge is -2.38. The normalized spacial score (nSPS) is 27.3. The van der Waals surface area contributed by atoms with E-state index in [0.717, 1.165) is 31.7 Å². The van der Waals surface area contributed by atoms with Gasteiger partial charge in [-0.25, -0.2) is 0 Å². The number of fused-ring (bicyclic) bond motifs is 1. The van der Waals surface area contributed by atoms with Crippen LogP contribution < -0.4 is 5.46 Å². The van der Waals surface area contributed by atoms with Gasteiger partial charge in [0.25, 0.3) is 0 Å². The standard InChI is InChI=1S/C14H20BNO3/c17-15(18)12-5-2-1-4-11(12)10-16-8-9-19-14-7-3-6-13(14)16/h1-2,4-5,13-14,17-18H,3,6-10H2. The average Bonchev–Trinajstić information content (AvgIpc) is 2.88. The van der Waals surface area contributed by atoms with E-state index in [1.807, 2.05) is 18.2 Å². The van der Waals surface area contributed by atoms with Gasteiger partial charge in [-0.3, -0.25) is 4.90 Å². The lowest BCUT2D eigenvalue weighted by Crippen LogP contribution is -2.49. The zero-order valence-electron chi connectivity index (χ0n) is 11.0. The Labute approximate surface area is 114 Å². The second-order valence-corrected chi connectivity index (χ2v) is 5.45. The van der Waals surface area contributed by atoms with Crippen molar-refractivity contribution >= 4 is 12.6 Å². The van der Waals surface area contributed by atoms with E-state index in [9.17, 15) is 10.0 Å². The summed E-state index contributed by atoms with van der Waals surface area (Å²) in [5, 5.41) is 18.9. The maximum absolute atomic E-state index is 9.43. The number of nitrogens with zero attached hydrogens (tertiary/aromatic N) is 1. The summed E-state index contributed by atoms with van der Waals surface area (Å²) in [6, 6.07) is 8.06. The first-order valence-corrected chi connectivity index (χ1v) is 7.05. The third-order valence-electron chi connectivity index (χ3n) is 4.30. The highest BCUT2D eigenvalue weighted by Crippen LogP contribution is 2.30. The fourth-order valence-corrected chi connectivity index (χ4v) is 3.35. The Morgan fingerprint density at radius 3 is 2.95 bits per heavy atom. The zero-order chi connectivity index (χ0) is 13.2. The Kier molecular flexibility index (Phi) is 3.89. The smallest absolute Gasteiger partial charge is 0.423 e. The van der Waals surface area contributed by atoms with Gasteiger partial charge in [0.15, 0.2) is 0 Å². The van der Waals surface area contributed by atoms with Crippen LogP contribution in [0.5, 0.6) is 0 Å². The van der Waals surface area contributed by atoms with Gasteiger partial charge in [-0.2, -0.15) is 0 Å². The molecule has 0 radical (unpaired) electrons. The summed E-state index contributed by atoms with van der Waals surface area (Å²) in [5.41, 5.74) is 1.62. The molecule has 1 aliphatic heterocycles. The van der Waals surface area contributed by atoms with Crippen LogP contribution in [0.15, 0.2) is 24.3 Å². The largest absolute Gasteiger partial charge is 0.488 e. The highest BCUT2D eigenvalue weighted by molar-refractivity contribution is 6.59. The molecule has 2 atom stereocenters. The van der Waals surface area contributed by atoms with Crippen molar-refractivity contribution in [3.8, 4) is 0 Å². The van der Waals surface area contributed by atoms with E-state index in [1.165, 1.54) is 12.8 Å². The van der Waals surface area contributed by atoms with Crippen molar-refractivity contribution in [1.82, 2.24) is 4.90 Å². The van der Waals surface area contributed by atoms with E-state index in [2.05, 4.69) is 4.90 Å². The van der Waals surface area contributed by atoms with E-state index in [-0.39, 0.29) is 0 Å². The number of rotatable bonds is 3. The van der Waals surface area contributed by atoms with Crippen LogP contribution in [0.25, 0.3) is 0 Å². The number of morpholine rings is 1. The molecule has 2 unspecified atom stereocenters. The van der Waals surface area contributed by atoms with Crippen LogP contribution >= 0.6 is 0 Å². The van der Waals surface area contributed by atoms with E-state index in [4.69, 9.17) is 4.74 Å². The van der Waals surface area contributed by atoms with Crippen molar-refractivity contribution in [3.05, 3.63) is 29.8 Å². The SMILES string of the molecule is OB(O)c1ccccc1CN1CCOC2CCCC21. The lowest BCUT2D eigenvalue weighted by molar-refractivity contribution is -0.0587. The Morgan fingerprint density at radius 1 is 1.26 bits per heavy atom. The van der Waals surface area contributed by atoms with Gasteiger partial charge < -0.3 is 14.8 Å². The van der Waals surface area contributed by atoms with Crippen LogP contribution in [0.1, 0.15) is 24.8 Å². The summed E-state index contributed by atoms with van der Waals surface area (Å²) in [6.07, 6.45) is 3.95. The van der Waals surface area contributed by atoms with E-state index < -0.39 is 7.12 Å². The van der Waals surface area contributed by atoms with Crippen LogP contribution in [-0.4, -0.2) is 47.4 Å². The monoisotopic (exact) mass is 261 g/mol. The molecule has 1 saturated carbocycles. The Morgan fingerprint density at radius 2 is 2.11 bits per heavy atom. The minimum Gasteiger partial charge on any atom is -0.423 e. The van der Waals surface area contributed by atoms with Crippen molar-refractivity contribution in [2.45, 2.75) is 38.0 Å². The minimum absolute atomic E-state index is 0.375. The first-order chi connectivity index (χ1) is 9.25. The van der Waals surface area contributed by atoms with E-state index in [1.54, 1.807) is 6.07 Å².